The van der Waals surface area contributed by atoms with Crippen LogP contribution in [0.3, 0.4) is 0 Å². The number of likely N-dealkylation sites (N-methyl/N-ethyl adjacent to an activating group) is 2. The number of phosphoric acid groups is 2. The largest absolute Gasteiger partial charge is 0.479 e. The molecule has 4 rings (SSSR count). The molecular weight excluding hydrogens is 825 g/mol. The van der Waals surface area contributed by atoms with Gasteiger partial charge in [-0.25, -0.2) is 17.8 Å². The van der Waals surface area contributed by atoms with Gasteiger partial charge in [0.25, 0.3) is 5.56 Å². The first-order chi connectivity index (χ1) is 25.4. The van der Waals surface area contributed by atoms with Gasteiger partial charge in [-0.2, -0.15) is 9.97 Å². The number of aromatic amines is 2. The van der Waals surface area contributed by atoms with Crippen LogP contribution in [0.5, 0.6) is 0 Å². The van der Waals surface area contributed by atoms with Crippen LogP contribution >= 0.6 is 22.4 Å². The highest BCUT2D eigenvalue weighted by Gasteiger charge is 2.50. The third kappa shape index (κ3) is 10.4. The minimum atomic E-state index is -5.48. The molecule has 13 N–H and O–H groups in total. The molecule has 310 valence electrons. The van der Waals surface area contributed by atoms with Gasteiger partial charge in [-0.3, -0.25) is 38.5 Å². The first-order valence-corrected chi connectivity index (χ1v) is 21.1. The Morgan fingerprint density at radius 3 is 1.85 bits per heavy atom. The molecule has 27 nitrogen and oxygen atoms in total. The topological polar surface area (TPSA) is 387 Å². The average Bonchev–Trinajstić information content (AvgIpc) is 3.54. The summed E-state index contributed by atoms with van der Waals surface area (Å²) in [4.78, 5) is 75.0. The molecule has 0 aromatic carbocycles. The first-order valence-electron chi connectivity index (χ1n) is 15.5. The number of quaternary nitrogens is 1. The van der Waals surface area contributed by atoms with Crippen molar-refractivity contribution >= 4 is 75.8 Å². The van der Waals surface area contributed by atoms with Gasteiger partial charge < -0.3 is 65.5 Å². The van der Waals surface area contributed by atoms with Crippen LogP contribution in [0.15, 0.2) is 14.6 Å². The zero-order valence-electron chi connectivity index (χ0n) is 29.6. The van der Waals surface area contributed by atoms with Crippen molar-refractivity contribution in [1.82, 2.24) is 19.9 Å². The maximum absolute atomic E-state index is 12.8. The number of hydrogen-bond donors (Lipinski definition) is 11. The van der Waals surface area contributed by atoms with Gasteiger partial charge in [0.2, 0.25) is 23.4 Å². The Hall–Kier alpha value is -2.82. The number of ether oxygens (including phenoxy) is 3. The van der Waals surface area contributed by atoms with E-state index < -0.39 is 95.8 Å². The number of aromatic nitrogens is 4. The molecule has 0 saturated carbocycles. The highest BCUT2D eigenvalue weighted by Crippen LogP contribution is 2.68. The van der Waals surface area contributed by atoms with Crippen molar-refractivity contribution in [2.24, 2.45) is 4.99 Å². The van der Waals surface area contributed by atoms with E-state index in [0.717, 1.165) is 4.90 Å². The van der Waals surface area contributed by atoms with Gasteiger partial charge >= 0.3 is 27.9 Å². The maximum atomic E-state index is 12.8. The van der Waals surface area contributed by atoms with Crippen LogP contribution in [-0.4, -0.2) is 154 Å². The van der Waals surface area contributed by atoms with Crippen molar-refractivity contribution in [3.8, 4) is 0 Å². The third-order valence-corrected chi connectivity index (χ3v) is 13.5. The third-order valence-electron chi connectivity index (χ3n) is 8.04. The molecular formula is C24H42N10O17P3S+. The van der Waals surface area contributed by atoms with Crippen LogP contribution in [-0.2, 0) is 52.8 Å². The molecule has 2 aromatic rings. The number of methoxy groups -OCH3 is 1. The number of aliphatic imine (C=N–C) groups is 1. The Morgan fingerprint density at radius 1 is 0.873 bits per heavy atom. The van der Waals surface area contributed by atoms with E-state index in [1.165, 1.54) is 26.1 Å². The van der Waals surface area contributed by atoms with E-state index in [-0.39, 0.29) is 34.9 Å². The normalized spacial score (nSPS) is 28.7. The highest BCUT2D eigenvalue weighted by molar-refractivity contribution is 8.09. The van der Waals surface area contributed by atoms with E-state index in [4.69, 9.17) is 34.7 Å². The van der Waals surface area contributed by atoms with Crippen molar-refractivity contribution in [1.29, 1.82) is 0 Å². The first kappa shape index (κ1) is 44.9. The fourth-order valence-electron chi connectivity index (χ4n) is 5.55. The van der Waals surface area contributed by atoms with Gasteiger partial charge in [0.1, 0.15) is 36.6 Å². The quantitative estimate of drug-likeness (QED) is 0.0529. The van der Waals surface area contributed by atoms with E-state index in [1.54, 1.807) is 14.1 Å². The number of nitrogens with zero attached hydrogens (tertiary/aromatic N) is 5. The molecule has 55 heavy (non-hydrogen) atoms. The van der Waals surface area contributed by atoms with Crippen LogP contribution in [0.1, 0.15) is 0 Å². The minimum Gasteiger partial charge on any atom is -0.387 e. The lowest BCUT2D eigenvalue weighted by Crippen LogP contribution is -3.01. The van der Waals surface area contributed by atoms with Crippen molar-refractivity contribution in [3.63, 3.8) is 0 Å². The summed E-state index contributed by atoms with van der Waals surface area (Å²) in [5.74, 6) is -0.670. The van der Waals surface area contributed by atoms with Gasteiger partial charge in [0, 0.05) is 21.2 Å². The van der Waals surface area contributed by atoms with Crippen LogP contribution in [0.2, 0.25) is 0 Å². The predicted molar refractivity (Wildman–Crippen MR) is 193 cm³/mol. The number of rotatable bonds is 17. The molecule has 0 radical (unpaired) electrons. The molecule has 2 saturated heterocycles. The van der Waals surface area contributed by atoms with Gasteiger partial charge in [-0.15, -0.1) is 0 Å². The van der Waals surface area contributed by atoms with Gasteiger partial charge in [0.05, 0.1) is 27.3 Å². The van der Waals surface area contributed by atoms with E-state index in [0.29, 0.717) is 4.90 Å². The molecule has 11 atom stereocenters. The van der Waals surface area contributed by atoms with Crippen molar-refractivity contribution in [3.05, 3.63) is 20.7 Å². The Balaban J connectivity index is 1.36. The number of nitrogens with one attached hydrogen (secondary N) is 3. The van der Waals surface area contributed by atoms with Crippen molar-refractivity contribution in [2.45, 2.75) is 49.1 Å². The Bertz CT molecular complexity index is 1990. The fourth-order valence-corrected chi connectivity index (χ4v) is 10.6. The van der Waals surface area contributed by atoms with Crippen LogP contribution in [0, 0.1) is 0 Å². The molecule has 0 spiro atoms. The zero-order chi connectivity index (χ0) is 41.4. The van der Waals surface area contributed by atoms with E-state index >= 15 is 0 Å². The van der Waals surface area contributed by atoms with Gasteiger partial charge in [0.15, 0.2) is 24.0 Å². The predicted octanol–water partition coefficient (Wildman–Crippen LogP) is -4.27. The summed E-state index contributed by atoms with van der Waals surface area (Å²) in [6, 6.07) is 0. The highest BCUT2D eigenvalue weighted by atomic mass is 32.5. The number of phosphoric ester groups is 2. The number of anilines is 4. The summed E-state index contributed by atoms with van der Waals surface area (Å²) in [5, 5.41) is 32.0. The Labute approximate surface area is 315 Å². The fraction of sp³-hybridized carbons (Fsp3) is 0.625. The van der Waals surface area contributed by atoms with E-state index in [9.17, 15) is 48.7 Å². The monoisotopic (exact) mass is 867 g/mol. The molecule has 0 amide bonds. The van der Waals surface area contributed by atoms with Crippen molar-refractivity contribution in [2.75, 3.05) is 69.8 Å². The van der Waals surface area contributed by atoms with Crippen LogP contribution < -0.4 is 37.3 Å². The lowest BCUT2D eigenvalue weighted by atomic mass is 10.1. The summed E-state index contributed by atoms with van der Waals surface area (Å²) in [6.45, 7) is -3.79. The average molecular weight is 868 g/mol. The summed E-state index contributed by atoms with van der Waals surface area (Å²) in [5.41, 5.74) is 9.86. The molecule has 11 unspecified atom stereocenters. The van der Waals surface area contributed by atoms with E-state index in [2.05, 4.69) is 52.1 Å². The zero-order valence-corrected chi connectivity index (χ0v) is 33.1. The van der Waals surface area contributed by atoms with Crippen molar-refractivity contribution < 1.29 is 75.9 Å². The van der Waals surface area contributed by atoms with E-state index in [1.807, 2.05) is 0 Å². The minimum absolute atomic E-state index is 0.0666. The molecule has 2 fully saturated rings. The second kappa shape index (κ2) is 17.4. The molecule has 0 bridgehead atoms. The van der Waals surface area contributed by atoms with Crippen LogP contribution in [0.4, 0.5) is 34.9 Å². The maximum Gasteiger partial charge on any atom is 0.479 e. The molecule has 2 aliphatic rings. The summed E-state index contributed by atoms with van der Waals surface area (Å²) in [7, 11) is -3.63. The van der Waals surface area contributed by atoms with Crippen LogP contribution in [0.25, 0.3) is 0 Å². The number of hydrogen-bond acceptors (Lipinski definition) is 22. The summed E-state index contributed by atoms with van der Waals surface area (Å²) >= 11 is 4.61. The standard InChI is InChI=1S/C24H41N10O17P3S/c1-27-11-17(28-23(25)30-19(11)38)33(4)21-15(37)13(35)9(48-21)7-46-52(40,41)50-54(44,55)51-53(42,43)47-8-10-14(36)16(45-6)22(49-10)34(5)18-12(32(2)3)20(39)31-24(26)29-18/h9-10,13-16,21-22,35-37H,1,7-8H2,2-6H3,(H,40,41)(H,42,43)(H,44,55)(H3,25,28,30,38)(H3,26,29,31,39)/p+1. The molecule has 4 heterocycles. The second-order valence-electron chi connectivity index (χ2n) is 12.1. The summed E-state index contributed by atoms with van der Waals surface area (Å²) in [6.07, 6.45) is -11.8. The molecule has 2 aliphatic heterocycles. The number of H-pyrrole nitrogens is 2. The molecule has 2 aromatic heterocycles. The molecule has 0 aliphatic carbocycles. The number of nitrogen functional groups attached to an aromatic ring is 2. The Morgan fingerprint density at radius 2 is 1.35 bits per heavy atom. The Kier molecular flexibility index (Phi) is 14.2. The smallest absolute Gasteiger partial charge is 0.387 e. The SMILES string of the molecule is C=Nc1c(N(C)C2OC(COP(=O)(O)OP(O)(=S)OP(=O)(O)OCC3OC(N(C)c4nc(N)[nH]c(=O)c4[NH+](C)C)C(OC)C3O)C(O)C2O)nc(N)[nH]c1=O. The van der Waals surface area contributed by atoms with Gasteiger partial charge in [-0.1, -0.05) is 0 Å². The second-order valence-corrected chi connectivity index (χ2v) is 18.1. The lowest BCUT2D eigenvalue weighted by molar-refractivity contribution is -0.786. The number of aliphatic hydroxyl groups is 3. The molecule has 31 heteroatoms. The number of aliphatic hydroxyl groups excluding tert-OH is 3. The van der Waals surface area contributed by atoms with Gasteiger partial charge in [-0.05, 0) is 18.5 Å². The number of nitrogens with two attached hydrogens (primary N) is 2. The summed E-state index contributed by atoms with van der Waals surface area (Å²) < 4.78 is 60.7. The lowest BCUT2D eigenvalue weighted by Gasteiger charge is -2.30.